The van der Waals surface area contributed by atoms with E-state index < -0.39 is 33.7 Å². The van der Waals surface area contributed by atoms with Crippen LogP contribution in [0.15, 0.2) is 77.7 Å². The summed E-state index contributed by atoms with van der Waals surface area (Å²) in [5.74, 6) is -0.428. The summed E-state index contributed by atoms with van der Waals surface area (Å²) in [4.78, 5) is 12.8. The maximum absolute atomic E-state index is 13.1. The summed E-state index contributed by atoms with van der Waals surface area (Å²) in [6.45, 7) is 2.10. The van der Waals surface area contributed by atoms with E-state index in [1.165, 1.54) is 18.2 Å². The van der Waals surface area contributed by atoms with Crippen molar-refractivity contribution < 1.29 is 31.1 Å². The zero-order chi connectivity index (χ0) is 25.6. The Morgan fingerprint density at radius 2 is 1.69 bits per heavy atom. The topological polar surface area (TPSA) is 84.5 Å². The number of benzene rings is 3. The highest BCUT2D eigenvalue weighted by Gasteiger charge is 2.30. The molecule has 3 aromatic carbocycles. The average Bonchev–Trinajstić information content (AvgIpc) is 2.80. The second-order valence-corrected chi connectivity index (χ2v) is 9.57. The van der Waals surface area contributed by atoms with E-state index in [1.54, 1.807) is 37.3 Å². The summed E-state index contributed by atoms with van der Waals surface area (Å²) < 4.78 is 72.2. The molecule has 0 bridgehead atoms. The number of carbonyl (C=O) groups is 1. The Morgan fingerprint density at radius 3 is 2.26 bits per heavy atom. The largest absolute Gasteiger partial charge is 0.492 e. The number of hydrogen-bond acceptors (Lipinski definition) is 4. The molecule has 0 radical (unpaired) electrons. The van der Waals surface area contributed by atoms with Gasteiger partial charge in [-0.3, -0.25) is 4.79 Å². The van der Waals surface area contributed by atoms with Gasteiger partial charge in [-0.25, -0.2) is 8.42 Å². The van der Waals surface area contributed by atoms with Crippen LogP contribution in [0.25, 0.3) is 0 Å². The first-order valence-corrected chi connectivity index (χ1v) is 12.3. The van der Waals surface area contributed by atoms with Crippen LogP contribution >= 0.6 is 11.6 Å². The number of ether oxygens (including phenoxy) is 1. The number of nitrogens with one attached hydrogen (secondary N) is 2. The zero-order valence-electron chi connectivity index (χ0n) is 18.5. The second kappa shape index (κ2) is 11.1. The third-order valence-corrected chi connectivity index (χ3v) is 6.65. The van der Waals surface area contributed by atoms with Gasteiger partial charge in [0.15, 0.2) is 0 Å². The number of anilines is 1. The molecule has 0 fully saturated rings. The van der Waals surface area contributed by atoms with E-state index >= 15 is 0 Å². The van der Waals surface area contributed by atoms with Gasteiger partial charge in [0.1, 0.15) is 11.8 Å². The summed E-state index contributed by atoms with van der Waals surface area (Å²) >= 11 is 6.12. The van der Waals surface area contributed by atoms with Crippen LogP contribution in [0.1, 0.15) is 18.1 Å². The number of alkyl halides is 3. The molecular formula is C24H22ClF3N2O4S. The summed E-state index contributed by atoms with van der Waals surface area (Å²) in [6.07, 6.45) is -4.52. The first-order valence-electron chi connectivity index (χ1n) is 10.5. The monoisotopic (exact) mass is 526 g/mol. The van der Waals surface area contributed by atoms with Crippen molar-refractivity contribution in [3.8, 4) is 5.75 Å². The van der Waals surface area contributed by atoms with Crippen LogP contribution in [0.4, 0.5) is 18.9 Å². The molecule has 0 aliphatic rings. The van der Waals surface area contributed by atoms with Gasteiger partial charge in [-0.1, -0.05) is 41.9 Å². The van der Waals surface area contributed by atoms with Crippen molar-refractivity contribution in [1.82, 2.24) is 4.72 Å². The predicted molar refractivity (Wildman–Crippen MR) is 127 cm³/mol. The van der Waals surface area contributed by atoms with E-state index in [9.17, 15) is 26.4 Å². The summed E-state index contributed by atoms with van der Waals surface area (Å²) in [6, 6.07) is 15.2. The highest BCUT2D eigenvalue weighted by molar-refractivity contribution is 7.89. The fraction of sp³-hybridized carbons (Fsp3) is 0.208. The standard InChI is InChI=1S/C24H22ClF3N2O4S/c1-2-34-22-13-12-19(15-20(22)25)35(32,33)30-21(14-16-6-4-3-5-7-16)23(31)29-18-10-8-17(9-11-18)24(26,27)28/h3-13,15,21,30H,2,14H2,1H3,(H,29,31). The number of sulfonamides is 1. The minimum atomic E-state index is -4.52. The molecule has 0 aromatic heterocycles. The summed E-state index contributed by atoms with van der Waals surface area (Å²) in [5, 5.41) is 2.56. The first-order chi connectivity index (χ1) is 16.5. The fourth-order valence-electron chi connectivity index (χ4n) is 3.19. The van der Waals surface area contributed by atoms with Crippen LogP contribution in [0, 0.1) is 0 Å². The first kappa shape index (κ1) is 26.5. The predicted octanol–water partition coefficient (Wildman–Crippen LogP) is 5.29. The van der Waals surface area contributed by atoms with Crippen LogP contribution < -0.4 is 14.8 Å². The number of carbonyl (C=O) groups excluding carboxylic acids is 1. The quantitative estimate of drug-likeness (QED) is 0.397. The molecule has 0 heterocycles. The van der Waals surface area contributed by atoms with E-state index in [2.05, 4.69) is 10.0 Å². The van der Waals surface area contributed by atoms with Gasteiger partial charge in [-0.15, -0.1) is 0 Å². The lowest BCUT2D eigenvalue weighted by atomic mass is 10.1. The van der Waals surface area contributed by atoms with Crippen LogP contribution in [-0.2, 0) is 27.4 Å². The molecule has 0 saturated carbocycles. The van der Waals surface area contributed by atoms with Crippen molar-refractivity contribution in [2.24, 2.45) is 0 Å². The Balaban J connectivity index is 1.85. The zero-order valence-corrected chi connectivity index (χ0v) is 20.0. The number of halogens is 4. The van der Waals surface area contributed by atoms with Gasteiger partial charge in [0.25, 0.3) is 0 Å². The summed E-state index contributed by atoms with van der Waals surface area (Å²) in [5.41, 5.74) is -0.110. The van der Waals surface area contributed by atoms with E-state index in [4.69, 9.17) is 16.3 Å². The lowest BCUT2D eigenvalue weighted by Gasteiger charge is -2.19. The second-order valence-electron chi connectivity index (χ2n) is 7.45. The Labute approximate surface area is 206 Å². The van der Waals surface area contributed by atoms with E-state index in [0.717, 1.165) is 24.3 Å². The van der Waals surface area contributed by atoms with Gasteiger partial charge in [-0.05, 0) is 61.4 Å². The van der Waals surface area contributed by atoms with Gasteiger partial charge in [0, 0.05) is 5.69 Å². The molecule has 0 aliphatic heterocycles. The lowest BCUT2D eigenvalue weighted by Crippen LogP contribution is -2.45. The minimum absolute atomic E-state index is 0.00268. The van der Waals surface area contributed by atoms with E-state index in [1.807, 2.05) is 0 Å². The van der Waals surface area contributed by atoms with Crippen LogP contribution in [0.5, 0.6) is 5.75 Å². The Morgan fingerprint density at radius 1 is 1.03 bits per heavy atom. The smallest absolute Gasteiger partial charge is 0.416 e. The van der Waals surface area contributed by atoms with Crippen LogP contribution in [0.3, 0.4) is 0 Å². The van der Waals surface area contributed by atoms with Gasteiger partial charge in [0.2, 0.25) is 15.9 Å². The van der Waals surface area contributed by atoms with Gasteiger partial charge < -0.3 is 10.1 Å². The van der Waals surface area contributed by atoms with Gasteiger partial charge in [-0.2, -0.15) is 17.9 Å². The van der Waals surface area contributed by atoms with Gasteiger partial charge in [0.05, 0.1) is 22.1 Å². The molecular weight excluding hydrogens is 505 g/mol. The number of hydrogen-bond donors (Lipinski definition) is 2. The van der Waals surface area contributed by atoms with Crippen molar-refractivity contribution in [3.05, 3.63) is 88.9 Å². The Hall–Kier alpha value is -3.08. The molecule has 35 heavy (non-hydrogen) atoms. The van der Waals surface area contributed by atoms with Crippen LogP contribution in [-0.4, -0.2) is 27.0 Å². The molecule has 2 N–H and O–H groups in total. The van der Waals surface area contributed by atoms with Crippen molar-refractivity contribution in [2.45, 2.75) is 30.5 Å². The normalized spacial score (nSPS) is 12.7. The number of amides is 1. The molecule has 1 atom stereocenters. The molecule has 6 nitrogen and oxygen atoms in total. The fourth-order valence-corrected chi connectivity index (χ4v) is 4.71. The Bertz CT molecular complexity index is 1270. The minimum Gasteiger partial charge on any atom is -0.492 e. The molecule has 3 aromatic rings. The van der Waals surface area contributed by atoms with Crippen molar-refractivity contribution >= 4 is 33.2 Å². The maximum atomic E-state index is 13.1. The molecule has 3 rings (SSSR count). The third-order valence-electron chi connectivity index (χ3n) is 4.89. The Kier molecular flexibility index (Phi) is 8.42. The van der Waals surface area contributed by atoms with Gasteiger partial charge >= 0.3 is 6.18 Å². The third kappa shape index (κ3) is 7.20. The average molecular weight is 527 g/mol. The summed E-state index contributed by atoms with van der Waals surface area (Å²) in [7, 11) is -4.20. The maximum Gasteiger partial charge on any atom is 0.416 e. The van der Waals surface area contributed by atoms with Crippen LogP contribution in [0.2, 0.25) is 5.02 Å². The lowest BCUT2D eigenvalue weighted by molar-refractivity contribution is -0.137. The molecule has 11 heteroatoms. The molecule has 0 spiro atoms. The van der Waals surface area contributed by atoms with Crippen molar-refractivity contribution in [3.63, 3.8) is 0 Å². The molecule has 1 unspecified atom stereocenters. The van der Waals surface area contributed by atoms with Crippen molar-refractivity contribution in [2.75, 3.05) is 11.9 Å². The highest BCUT2D eigenvalue weighted by atomic mass is 35.5. The molecule has 0 saturated heterocycles. The van der Waals surface area contributed by atoms with E-state index in [0.29, 0.717) is 17.9 Å². The molecule has 1 amide bonds. The highest BCUT2D eigenvalue weighted by Crippen LogP contribution is 2.30. The molecule has 186 valence electrons. The molecule has 0 aliphatic carbocycles. The van der Waals surface area contributed by atoms with E-state index in [-0.39, 0.29) is 22.0 Å². The van der Waals surface area contributed by atoms with Crippen molar-refractivity contribution in [1.29, 1.82) is 0 Å². The number of rotatable bonds is 9. The SMILES string of the molecule is CCOc1ccc(S(=O)(=O)NC(Cc2ccccc2)C(=O)Nc2ccc(C(F)(F)F)cc2)cc1Cl.